The van der Waals surface area contributed by atoms with Crippen LogP contribution in [0, 0.1) is 17.8 Å². The van der Waals surface area contributed by atoms with Gasteiger partial charge in [-0.15, -0.1) is 0 Å². The van der Waals surface area contributed by atoms with Gasteiger partial charge in [0.25, 0.3) is 0 Å². The number of alkyl halides is 3. The maximum atomic E-state index is 13.5. The normalized spacial score (nSPS) is 29.5. The Kier molecular flexibility index (Phi) is 6.37. The summed E-state index contributed by atoms with van der Waals surface area (Å²) in [7, 11) is 1.71. The number of carbonyl (C=O) groups is 1. The molecule has 7 nitrogen and oxygen atoms in total. The van der Waals surface area contributed by atoms with Crippen LogP contribution < -0.4 is 5.32 Å². The molecule has 5 atom stereocenters. The van der Waals surface area contributed by atoms with Crippen LogP contribution in [0.3, 0.4) is 0 Å². The highest BCUT2D eigenvalue weighted by molar-refractivity contribution is 5.93. The van der Waals surface area contributed by atoms with Crippen molar-refractivity contribution in [3.63, 3.8) is 0 Å². The van der Waals surface area contributed by atoms with E-state index in [2.05, 4.69) is 34.0 Å². The van der Waals surface area contributed by atoms with Crippen LogP contribution in [0.1, 0.15) is 32.3 Å². The summed E-state index contributed by atoms with van der Waals surface area (Å²) in [6, 6.07) is 3.48. The van der Waals surface area contributed by atoms with Gasteiger partial charge in [0, 0.05) is 50.1 Å². The number of likely N-dealkylation sites (tertiary alicyclic amines) is 2. The van der Waals surface area contributed by atoms with Crippen LogP contribution >= 0.6 is 0 Å². The molecular formula is C25H32F3N5O2. The molecule has 5 unspecified atom stereocenters. The lowest BCUT2D eigenvalue weighted by Crippen LogP contribution is -2.45. The number of fused-ring (bicyclic) bond motifs is 2. The number of rotatable bonds is 6. The fraction of sp³-hybridized carbons (Fsp3) is 0.640. The van der Waals surface area contributed by atoms with E-state index < -0.39 is 17.8 Å². The van der Waals surface area contributed by atoms with Gasteiger partial charge in [-0.1, -0.05) is 0 Å². The lowest BCUT2D eigenvalue weighted by atomic mass is 9.91. The van der Waals surface area contributed by atoms with Gasteiger partial charge in [-0.05, 0) is 56.7 Å². The van der Waals surface area contributed by atoms with E-state index in [1.807, 2.05) is 4.90 Å². The summed E-state index contributed by atoms with van der Waals surface area (Å²) in [6.45, 7) is 7.77. The molecule has 3 fully saturated rings. The summed E-state index contributed by atoms with van der Waals surface area (Å²) in [5, 5.41) is 3.40. The number of halogens is 3. The van der Waals surface area contributed by atoms with Crippen molar-refractivity contribution in [1.29, 1.82) is 0 Å². The van der Waals surface area contributed by atoms with Gasteiger partial charge in [0.15, 0.2) is 0 Å². The summed E-state index contributed by atoms with van der Waals surface area (Å²) in [6.07, 6.45) is -1.62. The number of benzene rings is 1. The first kappa shape index (κ1) is 24.2. The van der Waals surface area contributed by atoms with Crippen LogP contribution in [0.15, 0.2) is 24.5 Å². The zero-order valence-electron chi connectivity index (χ0n) is 20.3. The molecule has 1 saturated carbocycles. The molecule has 0 bridgehead atoms. The van der Waals surface area contributed by atoms with Crippen molar-refractivity contribution < 1.29 is 22.7 Å². The van der Waals surface area contributed by atoms with Gasteiger partial charge in [0.1, 0.15) is 18.2 Å². The Morgan fingerprint density at radius 2 is 2.03 bits per heavy atom. The van der Waals surface area contributed by atoms with E-state index >= 15 is 0 Å². The van der Waals surface area contributed by atoms with Crippen LogP contribution in [0.2, 0.25) is 0 Å². The standard InChI is InChI=1S/C25H32F3N5O2/c1-14(2)32-10-15-8-22(19(12-35-3)18(15)11-32)33-7-6-21(24(33)34)31-23-17-9-16(25(26,27)28)4-5-20(17)29-13-30-23/h4-5,9,13-15,18-19,21-22H,6-8,10-12H2,1-3H3,(H,29,30,31). The first-order valence-electron chi connectivity index (χ1n) is 12.3. The molecule has 0 radical (unpaired) electrons. The monoisotopic (exact) mass is 491 g/mol. The molecule has 1 N–H and O–H groups in total. The lowest BCUT2D eigenvalue weighted by molar-refractivity contribution is -0.137. The second-order valence-electron chi connectivity index (χ2n) is 10.4. The highest BCUT2D eigenvalue weighted by Gasteiger charge is 2.52. The first-order chi connectivity index (χ1) is 16.7. The molecule has 1 aromatic heterocycles. The molecule has 2 aromatic rings. The maximum absolute atomic E-state index is 13.5. The summed E-state index contributed by atoms with van der Waals surface area (Å²) in [4.78, 5) is 26.2. The Labute approximate surface area is 203 Å². The number of hydrogen-bond acceptors (Lipinski definition) is 6. The lowest BCUT2D eigenvalue weighted by Gasteiger charge is -2.33. The second-order valence-corrected chi connectivity index (χ2v) is 10.4. The van der Waals surface area contributed by atoms with Crippen molar-refractivity contribution in [1.82, 2.24) is 19.8 Å². The summed E-state index contributed by atoms with van der Waals surface area (Å²) >= 11 is 0. The molecule has 1 amide bonds. The van der Waals surface area contributed by atoms with E-state index in [9.17, 15) is 18.0 Å². The predicted octanol–water partition coefficient (Wildman–Crippen LogP) is 3.65. The van der Waals surface area contributed by atoms with Gasteiger partial charge in [0.2, 0.25) is 5.91 Å². The van der Waals surface area contributed by atoms with Crippen molar-refractivity contribution in [3.05, 3.63) is 30.1 Å². The van der Waals surface area contributed by atoms with Crippen molar-refractivity contribution in [2.45, 2.75) is 51.0 Å². The van der Waals surface area contributed by atoms with E-state index in [0.29, 0.717) is 43.0 Å². The van der Waals surface area contributed by atoms with Gasteiger partial charge in [-0.2, -0.15) is 13.2 Å². The van der Waals surface area contributed by atoms with Crippen molar-refractivity contribution in [2.75, 3.05) is 38.7 Å². The minimum Gasteiger partial charge on any atom is -0.384 e. The molecule has 0 spiro atoms. The summed E-state index contributed by atoms with van der Waals surface area (Å²) in [5.41, 5.74) is -0.367. The Morgan fingerprint density at radius 1 is 1.23 bits per heavy atom. The number of carbonyl (C=O) groups excluding carboxylic acids is 1. The van der Waals surface area contributed by atoms with E-state index in [1.165, 1.54) is 12.4 Å². The van der Waals surface area contributed by atoms with Crippen LogP contribution in [0.4, 0.5) is 19.0 Å². The SMILES string of the molecule is COCC1C2CN(C(C)C)CC2CC1N1CCC(Nc2ncnc3ccc(C(F)(F)F)cc23)C1=O. The first-order valence-corrected chi connectivity index (χ1v) is 12.3. The minimum absolute atomic E-state index is 0.0180. The fourth-order valence-corrected chi connectivity index (χ4v) is 6.32. The minimum atomic E-state index is -4.47. The summed E-state index contributed by atoms with van der Waals surface area (Å²) < 4.78 is 45.4. The average molecular weight is 492 g/mol. The predicted molar refractivity (Wildman–Crippen MR) is 126 cm³/mol. The number of methoxy groups -OCH3 is 1. The summed E-state index contributed by atoms with van der Waals surface area (Å²) in [5.74, 6) is 1.58. The van der Waals surface area contributed by atoms with Gasteiger partial charge < -0.3 is 19.9 Å². The number of anilines is 1. The van der Waals surface area contributed by atoms with Gasteiger partial charge in [-0.25, -0.2) is 9.97 Å². The molecule has 3 aliphatic rings. The second kappa shape index (κ2) is 9.20. The molecule has 1 aliphatic carbocycles. The third-order valence-corrected chi connectivity index (χ3v) is 8.11. The van der Waals surface area contributed by atoms with Gasteiger partial charge in [-0.3, -0.25) is 4.79 Å². The third kappa shape index (κ3) is 4.46. The number of nitrogens with zero attached hydrogens (tertiary/aromatic N) is 4. The number of nitrogens with one attached hydrogen (secondary N) is 1. The molecule has 2 aliphatic heterocycles. The van der Waals surface area contributed by atoms with Crippen molar-refractivity contribution in [2.24, 2.45) is 17.8 Å². The number of amides is 1. The maximum Gasteiger partial charge on any atom is 0.416 e. The number of hydrogen-bond donors (Lipinski definition) is 1. The zero-order chi connectivity index (χ0) is 24.9. The van der Waals surface area contributed by atoms with Gasteiger partial charge in [0.05, 0.1) is 17.7 Å². The largest absolute Gasteiger partial charge is 0.416 e. The van der Waals surface area contributed by atoms with Crippen LogP contribution in [0.5, 0.6) is 0 Å². The van der Waals surface area contributed by atoms with Crippen LogP contribution in [0.25, 0.3) is 10.9 Å². The molecule has 2 saturated heterocycles. The molecule has 10 heteroatoms. The van der Waals surface area contributed by atoms with Crippen LogP contribution in [-0.4, -0.2) is 77.2 Å². The number of aromatic nitrogens is 2. The Bertz CT molecular complexity index is 1090. The van der Waals surface area contributed by atoms with Crippen LogP contribution in [-0.2, 0) is 15.7 Å². The van der Waals surface area contributed by atoms with E-state index in [0.717, 1.165) is 31.6 Å². The molecule has 190 valence electrons. The quantitative estimate of drug-likeness (QED) is 0.665. The Morgan fingerprint density at radius 3 is 2.74 bits per heavy atom. The molecular weight excluding hydrogens is 459 g/mol. The highest BCUT2D eigenvalue weighted by atomic mass is 19.4. The Balaban J connectivity index is 1.34. The Hall–Kier alpha value is -2.46. The molecule has 1 aromatic carbocycles. The number of ether oxygens (including phenoxy) is 1. The molecule has 3 heterocycles. The highest BCUT2D eigenvalue weighted by Crippen LogP contribution is 2.46. The molecule has 35 heavy (non-hydrogen) atoms. The van der Waals surface area contributed by atoms with E-state index in [4.69, 9.17) is 4.74 Å². The topological polar surface area (TPSA) is 70.6 Å². The fourth-order valence-electron chi connectivity index (χ4n) is 6.32. The smallest absolute Gasteiger partial charge is 0.384 e. The third-order valence-electron chi connectivity index (χ3n) is 8.11. The van der Waals surface area contributed by atoms with Gasteiger partial charge >= 0.3 is 6.18 Å². The van der Waals surface area contributed by atoms with E-state index in [-0.39, 0.29) is 29.1 Å². The van der Waals surface area contributed by atoms with E-state index in [1.54, 1.807) is 7.11 Å². The molecule has 5 rings (SSSR count). The van der Waals surface area contributed by atoms with Crippen molar-refractivity contribution >= 4 is 22.6 Å². The zero-order valence-corrected chi connectivity index (χ0v) is 20.3. The average Bonchev–Trinajstić information content (AvgIpc) is 3.47. The van der Waals surface area contributed by atoms with Crippen molar-refractivity contribution in [3.8, 4) is 0 Å².